The van der Waals surface area contributed by atoms with Gasteiger partial charge in [-0.1, -0.05) is 40.9 Å². The van der Waals surface area contributed by atoms with Crippen molar-refractivity contribution >= 4 is 39.7 Å². The van der Waals surface area contributed by atoms with Crippen molar-refractivity contribution in [3.05, 3.63) is 45.7 Å². The van der Waals surface area contributed by atoms with Crippen LogP contribution in [0.5, 0.6) is 0 Å². The third-order valence-corrected chi connectivity index (χ3v) is 5.31. The van der Waals surface area contributed by atoms with Crippen LogP contribution in [0.15, 0.2) is 45.1 Å². The van der Waals surface area contributed by atoms with Gasteiger partial charge in [-0.15, -0.1) is 0 Å². The standard InChI is InChI=1S/C20H25BrN4O3/c1-2-24-11-16(17(22)19(23)27)25-20(28)15-6-4-3-5-14(15)18(26)12-7-9-13(21)10-8-12/h7-11,14-15H,2-6,22H2,1H3,(H2,23,27)(H,25,28). The molecule has 1 aromatic carbocycles. The molecular formula is C20H25BrN4O3. The highest BCUT2D eigenvalue weighted by Gasteiger charge is 2.36. The summed E-state index contributed by atoms with van der Waals surface area (Å²) in [6.45, 7) is 2.27. The molecule has 0 bridgehead atoms. The van der Waals surface area contributed by atoms with E-state index < -0.39 is 17.7 Å². The van der Waals surface area contributed by atoms with E-state index in [9.17, 15) is 14.4 Å². The predicted octanol–water partition coefficient (Wildman–Crippen LogP) is 2.30. The maximum atomic E-state index is 13.0. The van der Waals surface area contributed by atoms with Crippen molar-refractivity contribution in [3.8, 4) is 0 Å². The van der Waals surface area contributed by atoms with Crippen LogP contribution in [0.4, 0.5) is 0 Å². The summed E-state index contributed by atoms with van der Waals surface area (Å²) < 4.78 is 0.883. The van der Waals surface area contributed by atoms with E-state index in [-0.39, 0.29) is 23.1 Å². The van der Waals surface area contributed by atoms with Crippen molar-refractivity contribution in [2.45, 2.75) is 32.6 Å². The number of allylic oxidation sites excluding steroid dienone is 1. The minimum absolute atomic E-state index is 0.0528. The molecule has 150 valence electrons. The van der Waals surface area contributed by atoms with Gasteiger partial charge in [-0.2, -0.15) is 0 Å². The van der Waals surface area contributed by atoms with Crippen LogP contribution >= 0.6 is 15.9 Å². The number of amides is 2. The number of carbonyl (C=O) groups is 3. The molecule has 0 spiro atoms. The highest BCUT2D eigenvalue weighted by Crippen LogP contribution is 2.33. The van der Waals surface area contributed by atoms with Crippen LogP contribution in [0.25, 0.3) is 0 Å². The molecule has 2 rings (SSSR count). The Morgan fingerprint density at radius 1 is 1.14 bits per heavy atom. The lowest BCUT2D eigenvalue weighted by atomic mass is 9.75. The summed E-state index contributed by atoms with van der Waals surface area (Å²) in [7, 11) is 0. The molecule has 0 aliphatic heterocycles. The van der Waals surface area contributed by atoms with E-state index in [0.29, 0.717) is 24.9 Å². The lowest BCUT2D eigenvalue weighted by molar-refractivity contribution is -0.126. The van der Waals surface area contributed by atoms with Gasteiger partial charge in [0.05, 0.1) is 5.70 Å². The van der Waals surface area contributed by atoms with E-state index in [2.05, 4.69) is 26.2 Å². The summed E-state index contributed by atoms with van der Waals surface area (Å²) in [6, 6.07) is 7.11. The highest BCUT2D eigenvalue weighted by molar-refractivity contribution is 9.10. The molecule has 7 nitrogen and oxygen atoms in total. The zero-order valence-corrected chi connectivity index (χ0v) is 17.4. The van der Waals surface area contributed by atoms with Crippen molar-refractivity contribution < 1.29 is 14.4 Å². The van der Waals surface area contributed by atoms with E-state index in [4.69, 9.17) is 11.5 Å². The summed E-state index contributed by atoms with van der Waals surface area (Å²) in [6.07, 6.45) is 4.30. The van der Waals surface area contributed by atoms with Crippen LogP contribution in [0.1, 0.15) is 43.0 Å². The molecule has 1 fully saturated rings. The summed E-state index contributed by atoms with van der Waals surface area (Å²) in [5.74, 6) is -2.17. The fourth-order valence-corrected chi connectivity index (χ4v) is 3.56. The first-order valence-corrected chi connectivity index (χ1v) is 10.0. The van der Waals surface area contributed by atoms with Crippen molar-refractivity contribution in [2.75, 3.05) is 6.54 Å². The molecular weight excluding hydrogens is 424 g/mol. The fraction of sp³-hybridized carbons (Fsp3) is 0.400. The average Bonchev–Trinajstić information content (AvgIpc) is 2.70. The van der Waals surface area contributed by atoms with E-state index in [1.807, 2.05) is 6.92 Å². The van der Waals surface area contributed by atoms with E-state index in [1.54, 1.807) is 24.3 Å². The largest absolute Gasteiger partial charge is 0.393 e. The second kappa shape index (κ2) is 10.2. The summed E-state index contributed by atoms with van der Waals surface area (Å²) in [4.78, 5) is 41.4. The van der Waals surface area contributed by atoms with E-state index in [0.717, 1.165) is 17.3 Å². The normalized spacial score (nSPS) is 20.5. The Morgan fingerprint density at radius 2 is 1.75 bits per heavy atom. The quantitative estimate of drug-likeness (QED) is 0.335. The number of nitrogens with zero attached hydrogens (tertiary/aromatic N) is 1. The molecule has 1 aliphatic rings. The molecule has 2 amide bonds. The molecule has 5 N–H and O–H groups in total. The monoisotopic (exact) mass is 448 g/mol. The molecule has 8 heteroatoms. The van der Waals surface area contributed by atoms with Crippen molar-refractivity contribution in [1.82, 2.24) is 5.32 Å². The van der Waals surface area contributed by atoms with E-state index in [1.165, 1.54) is 6.21 Å². The van der Waals surface area contributed by atoms with Gasteiger partial charge in [0.1, 0.15) is 5.70 Å². The molecule has 28 heavy (non-hydrogen) atoms. The smallest absolute Gasteiger partial charge is 0.266 e. The van der Waals surface area contributed by atoms with Crippen LogP contribution in [-0.2, 0) is 9.59 Å². The second-order valence-corrected chi connectivity index (χ2v) is 7.59. The summed E-state index contributed by atoms with van der Waals surface area (Å²) >= 11 is 3.36. The van der Waals surface area contributed by atoms with E-state index >= 15 is 0 Å². The number of benzene rings is 1. The number of ketones is 1. The zero-order valence-electron chi connectivity index (χ0n) is 15.8. The molecule has 1 saturated carbocycles. The number of nitrogens with one attached hydrogen (secondary N) is 1. The van der Waals surface area contributed by atoms with Crippen LogP contribution in [0, 0.1) is 11.8 Å². The number of Topliss-reactive ketones (excluding diaryl/α,β-unsaturated/α-hetero) is 1. The Labute approximate surface area is 172 Å². The van der Waals surface area contributed by atoms with Crippen LogP contribution < -0.4 is 16.8 Å². The number of carbonyl (C=O) groups excluding carboxylic acids is 3. The molecule has 2 unspecified atom stereocenters. The number of rotatable bonds is 7. The minimum atomic E-state index is -0.844. The molecule has 1 aliphatic carbocycles. The van der Waals surface area contributed by atoms with Gasteiger partial charge in [0.2, 0.25) is 5.91 Å². The molecule has 0 heterocycles. The maximum Gasteiger partial charge on any atom is 0.266 e. The van der Waals surface area contributed by atoms with Gasteiger partial charge in [-0.3, -0.25) is 19.4 Å². The summed E-state index contributed by atoms with van der Waals surface area (Å²) in [5, 5.41) is 2.65. The maximum absolute atomic E-state index is 13.0. The van der Waals surface area contributed by atoms with Crippen molar-refractivity contribution in [3.63, 3.8) is 0 Å². The van der Waals surface area contributed by atoms with Crippen LogP contribution in [-0.4, -0.2) is 30.4 Å². The van der Waals surface area contributed by atoms with Gasteiger partial charge in [0.15, 0.2) is 5.78 Å². The van der Waals surface area contributed by atoms with Gasteiger partial charge in [0, 0.05) is 34.6 Å². The second-order valence-electron chi connectivity index (χ2n) is 6.68. The number of aliphatic imine (C=N–C) groups is 1. The van der Waals surface area contributed by atoms with Gasteiger partial charge < -0.3 is 16.8 Å². The summed E-state index contributed by atoms with van der Waals surface area (Å²) in [5.41, 5.74) is 11.3. The topological polar surface area (TPSA) is 128 Å². The van der Waals surface area contributed by atoms with Gasteiger partial charge >= 0.3 is 0 Å². The average molecular weight is 449 g/mol. The first kappa shape index (κ1) is 21.8. The minimum Gasteiger partial charge on any atom is -0.393 e. The number of nitrogens with two attached hydrogens (primary N) is 2. The third kappa shape index (κ3) is 5.51. The van der Waals surface area contributed by atoms with Gasteiger partial charge in [-0.25, -0.2) is 0 Å². The van der Waals surface area contributed by atoms with Crippen LogP contribution in [0.2, 0.25) is 0 Å². The Bertz CT molecular complexity index is 802. The van der Waals surface area contributed by atoms with Crippen molar-refractivity contribution in [1.29, 1.82) is 0 Å². The Kier molecular flexibility index (Phi) is 7.92. The third-order valence-electron chi connectivity index (χ3n) is 4.78. The zero-order chi connectivity index (χ0) is 20.7. The molecule has 0 aromatic heterocycles. The Morgan fingerprint density at radius 3 is 2.32 bits per heavy atom. The predicted molar refractivity (Wildman–Crippen MR) is 112 cm³/mol. The SMILES string of the molecule is CCN=CC(NC(=O)C1CCCCC1C(=O)c1ccc(Br)cc1)=C(N)C(N)=O. The van der Waals surface area contributed by atoms with Crippen molar-refractivity contribution in [2.24, 2.45) is 28.3 Å². The van der Waals surface area contributed by atoms with Gasteiger partial charge in [-0.05, 0) is 31.9 Å². The first-order valence-electron chi connectivity index (χ1n) is 9.25. The molecule has 0 radical (unpaired) electrons. The molecule has 0 saturated heterocycles. The van der Waals surface area contributed by atoms with Crippen LogP contribution in [0.3, 0.4) is 0 Å². The highest BCUT2D eigenvalue weighted by atomic mass is 79.9. The lowest BCUT2D eigenvalue weighted by Crippen LogP contribution is -2.41. The number of hydrogen-bond acceptors (Lipinski definition) is 5. The molecule has 2 atom stereocenters. The number of halogens is 1. The molecule has 1 aromatic rings. The fourth-order valence-electron chi connectivity index (χ4n) is 3.30. The van der Waals surface area contributed by atoms with Gasteiger partial charge in [0.25, 0.3) is 5.91 Å². The number of hydrogen-bond donors (Lipinski definition) is 3. The first-order chi connectivity index (χ1) is 13.3. The lowest BCUT2D eigenvalue weighted by Gasteiger charge is -2.29. The number of primary amides is 1. The Hall–Kier alpha value is -2.48. The Balaban J connectivity index is 2.24.